The molecule has 0 bridgehead atoms. The van der Waals surface area contributed by atoms with Gasteiger partial charge in [0.05, 0.1) is 13.0 Å². The highest BCUT2D eigenvalue weighted by Gasteiger charge is 2.03. The minimum atomic E-state index is -0.850. The summed E-state index contributed by atoms with van der Waals surface area (Å²) in [5.41, 5.74) is 4.81. The van der Waals surface area contributed by atoms with Gasteiger partial charge in [0.2, 0.25) is 0 Å². The predicted octanol–water partition coefficient (Wildman–Crippen LogP) is 3.82. The summed E-state index contributed by atoms with van der Waals surface area (Å²) in [5.74, 6) is -0.155. The molecular formula is C17H18O3. The van der Waals surface area contributed by atoms with Crippen LogP contribution in [0, 0.1) is 13.8 Å². The third kappa shape index (κ3) is 3.60. The second-order valence-electron chi connectivity index (χ2n) is 4.83. The van der Waals surface area contributed by atoms with Gasteiger partial charge in [0.15, 0.2) is 0 Å². The molecule has 2 rings (SSSR count). The van der Waals surface area contributed by atoms with Gasteiger partial charge in [-0.1, -0.05) is 35.9 Å². The molecule has 0 aliphatic carbocycles. The van der Waals surface area contributed by atoms with Crippen molar-refractivity contribution in [3.63, 3.8) is 0 Å². The van der Waals surface area contributed by atoms with Crippen LogP contribution in [0.2, 0.25) is 0 Å². The molecule has 1 N–H and O–H groups in total. The van der Waals surface area contributed by atoms with Crippen molar-refractivity contribution in [3.05, 3.63) is 53.6 Å². The van der Waals surface area contributed by atoms with Crippen LogP contribution in [0.5, 0.6) is 5.75 Å². The van der Waals surface area contributed by atoms with Crippen LogP contribution in [0.25, 0.3) is 11.1 Å². The van der Waals surface area contributed by atoms with E-state index in [1.54, 1.807) is 0 Å². The van der Waals surface area contributed by atoms with E-state index in [2.05, 4.69) is 32.0 Å². The summed E-state index contributed by atoms with van der Waals surface area (Å²) in [6.45, 7) is 4.36. The summed E-state index contributed by atoms with van der Waals surface area (Å²) in [4.78, 5) is 10.4. The number of aryl methyl sites for hydroxylation is 2. The van der Waals surface area contributed by atoms with Gasteiger partial charge in [-0.25, -0.2) is 0 Å². The van der Waals surface area contributed by atoms with E-state index in [0.29, 0.717) is 5.75 Å². The van der Waals surface area contributed by atoms with Crippen LogP contribution < -0.4 is 4.74 Å². The Balaban J connectivity index is 2.11. The molecule has 0 atom stereocenters. The maximum Gasteiger partial charge on any atom is 0.306 e. The monoisotopic (exact) mass is 270 g/mol. The molecule has 0 amide bonds. The molecule has 3 nitrogen and oxygen atoms in total. The topological polar surface area (TPSA) is 46.5 Å². The average Bonchev–Trinajstić information content (AvgIpc) is 2.42. The van der Waals surface area contributed by atoms with Crippen molar-refractivity contribution >= 4 is 5.97 Å². The van der Waals surface area contributed by atoms with E-state index in [1.165, 1.54) is 16.7 Å². The molecule has 0 aliphatic heterocycles. The fourth-order valence-corrected chi connectivity index (χ4v) is 2.03. The molecule has 2 aromatic rings. The fourth-order valence-electron chi connectivity index (χ4n) is 2.03. The molecule has 0 spiro atoms. The largest absolute Gasteiger partial charge is 0.493 e. The lowest BCUT2D eigenvalue weighted by Gasteiger charge is -2.09. The van der Waals surface area contributed by atoms with E-state index in [-0.39, 0.29) is 13.0 Å². The number of carboxylic acids is 1. The van der Waals surface area contributed by atoms with Crippen molar-refractivity contribution in [2.24, 2.45) is 0 Å². The first-order chi connectivity index (χ1) is 9.56. The van der Waals surface area contributed by atoms with Crippen LogP contribution in [-0.2, 0) is 4.79 Å². The van der Waals surface area contributed by atoms with Gasteiger partial charge in [-0.15, -0.1) is 0 Å². The molecule has 0 saturated carbocycles. The molecular weight excluding hydrogens is 252 g/mol. The number of carboxylic acid groups (broad SMARTS) is 1. The molecule has 0 heterocycles. The Morgan fingerprint density at radius 3 is 2.45 bits per heavy atom. The third-order valence-corrected chi connectivity index (χ3v) is 3.14. The highest BCUT2D eigenvalue weighted by molar-refractivity contribution is 5.68. The summed E-state index contributed by atoms with van der Waals surface area (Å²) in [5, 5.41) is 8.56. The number of rotatable bonds is 5. The van der Waals surface area contributed by atoms with E-state index in [0.717, 1.165) is 5.56 Å². The van der Waals surface area contributed by atoms with E-state index in [9.17, 15) is 4.79 Å². The molecule has 0 radical (unpaired) electrons. The van der Waals surface area contributed by atoms with Gasteiger partial charge in [-0.3, -0.25) is 4.79 Å². The molecule has 3 heteroatoms. The molecule has 0 unspecified atom stereocenters. The van der Waals surface area contributed by atoms with E-state index in [1.807, 2.05) is 24.3 Å². The van der Waals surface area contributed by atoms with Gasteiger partial charge in [0, 0.05) is 0 Å². The maximum absolute atomic E-state index is 10.4. The van der Waals surface area contributed by atoms with E-state index in [4.69, 9.17) is 9.84 Å². The van der Waals surface area contributed by atoms with Gasteiger partial charge in [-0.05, 0) is 42.7 Å². The smallest absolute Gasteiger partial charge is 0.306 e. The number of ether oxygens (including phenoxy) is 1. The fraction of sp³-hybridized carbons (Fsp3) is 0.235. The zero-order valence-corrected chi connectivity index (χ0v) is 11.7. The van der Waals surface area contributed by atoms with Gasteiger partial charge in [-0.2, -0.15) is 0 Å². The number of carbonyl (C=O) groups is 1. The second-order valence-corrected chi connectivity index (χ2v) is 4.83. The lowest BCUT2D eigenvalue weighted by atomic mass is 9.98. The first kappa shape index (κ1) is 14.1. The van der Waals surface area contributed by atoms with Crippen molar-refractivity contribution in [1.29, 1.82) is 0 Å². The minimum absolute atomic E-state index is 0.0126. The van der Waals surface area contributed by atoms with E-state index < -0.39 is 5.97 Å². The molecule has 104 valence electrons. The highest BCUT2D eigenvalue weighted by Crippen LogP contribution is 2.26. The predicted molar refractivity (Wildman–Crippen MR) is 79.1 cm³/mol. The van der Waals surface area contributed by atoms with Gasteiger partial charge in [0.1, 0.15) is 5.75 Å². The van der Waals surface area contributed by atoms with Crippen LogP contribution >= 0.6 is 0 Å². The van der Waals surface area contributed by atoms with Crippen LogP contribution in [0.3, 0.4) is 0 Å². The Hall–Kier alpha value is -2.29. The van der Waals surface area contributed by atoms with Crippen molar-refractivity contribution in [3.8, 4) is 16.9 Å². The standard InChI is InChI=1S/C17H18O3/c1-12-3-4-13(2)16(11-12)14-5-7-15(8-6-14)20-10-9-17(18)19/h3-8,11H,9-10H2,1-2H3,(H,18,19). The Labute approximate surface area is 118 Å². The number of benzene rings is 2. The molecule has 0 saturated heterocycles. The number of hydrogen-bond acceptors (Lipinski definition) is 2. The van der Waals surface area contributed by atoms with Crippen LogP contribution in [-0.4, -0.2) is 17.7 Å². The molecule has 20 heavy (non-hydrogen) atoms. The zero-order chi connectivity index (χ0) is 14.5. The molecule has 0 aliphatic rings. The lowest BCUT2D eigenvalue weighted by Crippen LogP contribution is -2.04. The van der Waals surface area contributed by atoms with Crippen molar-refractivity contribution < 1.29 is 14.6 Å². The first-order valence-corrected chi connectivity index (χ1v) is 6.58. The normalized spacial score (nSPS) is 10.3. The van der Waals surface area contributed by atoms with Gasteiger partial charge in [0.25, 0.3) is 0 Å². The quantitative estimate of drug-likeness (QED) is 0.898. The van der Waals surface area contributed by atoms with Gasteiger partial charge < -0.3 is 9.84 Å². The van der Waals surface area contributed by atoms with E-state index >= 15 is 0 Å². The summed E-state index contributed by atoms with van der Waals surface area (Å²) in [7, 11) is 0. The second kappa shape index (κ2) is 6.24. The third-order valence-electron chi connectivity index (χ3n) is 3.14. The average molecular weight is 270 g/mol. The van der Waals surface area contributed by atoms with Crippen molar-refractivity contribution in [2.75, 3.05) is 6.61 Å². The minimum Gasteiger partial charge on any atom is -0.493 e. The Morgan fingerprint density at radius 2 is 1.80 bits per heavy atom. The van der Waals surface area contributed by atoms with Crippen LogP contribution in [0.4, 0.5) is 0 Å². The van der Waals surface area contributed by atoms with Crippen LogP contribution in [0.1, 0.15) is 17.5 Å². The SMILES string of the molecule is Cc1ccc(C)c(-c2ccc(OCCC(=O)O)cc2)c1. The van der Waals surface area contributed by atoms with Crippen LogP contribution in [0.15, 0.2) is 42.5 Å². The Bertz CT molecular complexity index is 600. The lowest BCUT2D eigenvalue weighted by molar-refractivity contribution is -0.137. The Morgan fingerprint density at radius 1 is 1.10 bits per heavy atom. The molecule has 0 aromatic heterocycles. The summed E-state index contributed by atoms with van der Waals surface area (Å²) < 4.78 is 5.38. The maximum atomic E-state index is 10.4. The van der Waals surface area contributed by atoms with Crippen molar-refractivity contribution in [2.45, 2.75) is 20.3 Å². The van der Waals surface area contributed by atoms with Gasteiger partial charge >= 0.3 is 5.97 Å². The molecule has 2 aromatic carbocycles. The number of aliphatic carboxylic acids is 1. The highest BCUT2D eigenvalue weighted by atomic mass is 16.5. The first-order valence-electron chi connectivity index (χ1n) is 6.58. The zero-order valence-electron chi connectivity index (χ0n) is 11.7. The Kier molecular flexibility index (Phi) is 4.41. The molecule has 0 fully saturated rings. The van der Waals surface area contributed by atoms with Crippen molar-refractivity contribution in [1.82, 2.24) is 0 Å². The summed E-state index contributed by atoms with van der Waals surface area (Å²) in [6, 6.07) is 14.1. The number of hydrogen-bond donors (Lipinski definition) is 1. The summed E-state index contributed by atoms with van der Waals surface area (Å²) in [6.07, 6.45) is 0.0126. The summed E-state index contributed by atoms with van der Waals surface area (Å²) >= 11 is 0.